The van der Waals surface area contributed by atoms with Gasteiger partial charge in [-0.2, -0.15) is 0 Å². The van der Waals surface area contributed by atoms with Crippen LogP contribution in [0.5, 0.6) is 0 Å². The van der Waals surface area contributed by atoms with E-state index < -0.39 is 27.4 Å². The summed E-state index contributed by atoms with van der Waals surface area (Å²) < 4.78 is 4.43. The van der Waals surface area contributed by atoms with Crippen molar-refractivity contribution < 1.29 is 24.2 Å². The number of ether oxygens (including phenoxy) is 1. The maximum Gasteiger partial charge on any atom is 0.311 e. The normalized spacial score (nSPS) is 32.6. The summed E-state index contributed by atoms with van der Waals surface area (Å²) in [5.41, 5.74) is 0. The molecule has 0 radical (unpaired) electrons. The smallest absolute Gasteiger partial charge is 0.311 e. The number of unbranched alkanes of at least 4 members (excludes halogenated alkanes) is 2. The molecule has 6 atom stereocenters. The van der Waals surface area contributed by atoms with Gasteiger partial charge in [-0.3, -0.25) is 14.4 Å². The van der Waals surface area contributed by atoms with E-state index in [1.54, 1.807) is 29.7 Å². The molecule has 3 saturated heterocycles. The number of hydrogen-bond donors (Lipinski definition) is 1. The molecule has 192 valence electrons. The van der Waals surface area contributed by atoms with Gasteiger partial charge in [-0.05, 0) is 59.3 Å². The molecule has 2 amide bonds. The Kier molecular flexibility index (Phi) is 8.77. The van der Waals surface area contributed by atoms with Gasteiger partial charge in [0.1, 0.15) is 6.04 Å². The van der Waals surface area contributed by atoms with Gasteiger partial charge in [0.05, 0.1) is 23.2 Å². The number of carbonyl (C=O) groups is 3. The van der Waals surface area contributed by atoms with Gasteiger partial charge in [0.25, 0.3) is 0 Å². The van der Waals surface area contributed by atoms with Crippen molar-refractivity contribution in [3.63, 3.8) is 0 Å². The van der Waals surface area contributed by atoms with Crippen LogP contribution in [0.25, 0.3) is 0 Å². The molecule has 0 aromatic rings. The van der Waals surface area contributed by atoms with Gasteiger partial charge in [0, 0.05) is 30.5 Å². The Morgan fingerprint density at radius 2 is 2.06 bits per heavy atom. The zero-order valence-electron chi connectivity index (χ0n) is 21.3. The van der Waals surface area contributed by atoms with E-state index in [9.17, 15) is 19.5 Å². The first-order valence-corrected chi connectivity index (χ1v) is 13.7. The Hall–Kier alpha value is -1.54. The largest absolute Gasteiger partial charge is 0.466 e. The highest BCUT2D eigenvalue weighted by Gasteiger charge is 2.77. The summed E-state index contributed by atoms with van der Waals surface area (Å²) in [6.07, 6.45) is 7.30. The molecule has 0 aliphatic carbocycles. The van der Waals surface area contributed by atoms with Crippen LogP contribution in [0.2, 0.25) is 0 Å². The molecule has 0 saturated carbocycles. The summed E-state index contributed by atoms with van der Waals surface area (Å²) in [7, 11) is 0. The molecule has 3 aliphatic heterocycles. The SMILES string of the molecule is C=CCN(C(=O)C1N(CCCCCO)C(=O)[C@@H]2[C@H](C(=O)OCC)[C@]3(C)CCC12S3)C(C)CCC. The Balaban J connectivity index is 2.02. The third-order valence-electron chi connectivity index (χ3n) is 7.96. The number of nitrogens with zero attached hydrogens (tertiary/aromatic N) is 2. The third kappa shape index (κ3) is 4.52. The summed E-state index contributed by atoms with van der Waals surface area (Å²) in [6.45, 7) is 13.2. The fourth-order valence-electron chi connectivity index (χ4n) is 6.46. The number of amides is 2. The highest BCUT2D eigenvalue weighted by Crippen LogP contribution is 2.71. The summed E-state index contributed by atoms with van der Waals surface area (Å²) in [5.74, 6) is -1.49. The lowest BCUT2D eigenvalue weighted by molar-refractivity contribution is -0.155. The number of carbonyl (C=O) groups excluding carboxylic acids is 3. The first kappa shape index (κ1) is 27.1. The van der Waals surface area contributed by atoms with E-state index in [2.05, 4.69) is 27.4 Å². The lowest BCUT2D eigenvalue weighted by Crippen LogP contribution is -2.56. The minimum atomic E-state index is -0.608. The fraction of sp³-hybridized carbons (Fsp3) is 0.808. The Bertz CT molecular complexity index is 791. The predicted octanol–water partition coefficient (Wildman–Crippen LogP) is 3.40. The number of rotatable bonds is 13. The minimum Gasteiger partial charge on any atom is -0.466 e. The van der Waals surface area contributed by atoms with E-state index in [1.807, 2.05) is 4.90 Å². The van der Waals surface area contributed by atoms with Crippen molar-refractivity contribution in [2.45, 2.75) is 94.2 Å². The quantitative estimate of drug-likeness (QED) is 0.240. The second-order valence-electron chi connectivity index (χ2n) is 10.2. The van der Waals surface area contributed by atoms with Crippen LogP contribution in [0.1, 0.15) is 72.6 Å². The molecule has 3 aliphatic rings. The van der Waals surface area contributed by atoms with Crippen LogP contribution >= 0.6 is 11.8 Å². The van der Waals surface area contributed by atoms with Gasteiger partial charge >= 0.3 is 5.97 Å². The van der Waals surface area contributed by atoms with Crippen LogP contribution in [-0.4, -0.2) is 80.6 Å². The molecular formula is C26H42N2O5S. The Morgan fingerprint density at radius 3 is 2.68 bits per heavy atom. The van der Waals surface area contributed by atoms with Crippen molar-refractivity contribution >= 4 is 29.5 Å². The van der Waals surface area contributed by atoms with Crippen molar-refractivity contribution in [3.8, 4) is 0 Å². The molecule has 1 spiro atoms. The van der Waals surface area contributed by atoms with Crippen molar-refractivity contribution in [2.75, 3.05) is 26.3 Å². The van der Waals surface area contributed by atoms with Crippen LogP contribution in [-0.2, 0) is 19.1 Å². The molecule has 0 aromatic heterocycles. The number of aliphatic hydroxyl groups excluding tert-OH is 1. The van der Waals surface area contributed by atoms with Gasteiger partial charge < -0.3 is 19.6 Å². The van der Waals surface area contributed by atoms with Gasteiger partial charge in [-0.25, -0.2) is 0 Å². The first-order chi connectivity index (χ1) is 16.2. The van der Waals surface area contributed by atoms with Gasteiger partial charge in [0.2, 0.25) is 11.8 Å². The summed E-state index contributed by atoms with van der Waals surface area (Å²) >= 11 is 1.69. The average molecular weight is 495 g/mol. The highest BCUT2D eigenvalue weighted by atomic mass is 32.2. The molecule has 8 heteroatoms. The summed E-state index contributed by atoms with van der Waals surface area (Å²) in [5, 5.41) is 9.18. The lowest BCUT2D eigenvalue weighted by atomic mass is 9.66. The topological polar surface area (TPSA) is 87.2 Å². The van der Waals surface area contributed by atoms with Gasteiger partial charge in [-0.1, -0.05) is 19.4 Å². The molecule has 2 bridgehead atoms. The molecule has 3 unspecified atom stereocenters. The van der Waals surface area contributed by atoms with Crippen LogP contribution in [0.3, 0.4) is 0 Å². The first-order valence-electron chi connectivity index (χ1n) is 12.9. The van der Waals surface area contributed by atoms with E-state index in [0.29, 0.717) is 19.5 Å². The molecule has 34 heavy (non-hydrogen) atoms. The van der Waals surface area contributed by atoms with Crippen LogP contribution in [0.4, 0.5) is 0 Å². The van der Waals surface area contributed by atoms with Crippen molar-refractivity contribution in [2.24, 2.45) is 11.8 Å². The second-order valence-corrected chi connectivity index (χ2v) is 12.1. The predicted molar refractivity (Wildman–Crippen MR) is 134 cm³/mol. The maximum atomic E-state index is 14.2. The second kappa shape index (κ2) is 11.0. The molecule has 3 rings (SSSR count). The standard InChI is InChI=1S/C26H42N2O5S/c1-6-12-18(4)27(15-7-2)23(31)21-26-14-13-25(5,34-26)20(24(32)33-8-3)19(26)22(30)28(21)16-10-9-11-17-29/h7,18-21,29H,2,6,8-17H2,1,3-5H3/t18?,19-,20+,21?,25-,26?/m0/s1. The van der Waals surface area contributed by atoms with Crippen molar-refractivity contribution in [3.05, 3.63) is 12.7 Å². The third-order valence-corrected chi connectivity index (χ3v) is 9.94. The van der Waals surface area contributed by atoms with E-state index >= 15 is 0 Å². The van der Waals surface area contributed by atoms with E-state index in [1.165, 1.54) is 0 Å². The number of hydrogen-bond acceptors (Lipinski definition) is 6. The lowest BCUT2D eigenvalue weighted by Gasteiger charge is -2.39. The van der Waals surface area contributed by atoms with Gasteiger partial charge in [-0.15, -0.1) is 18.3 Å². The highest BCUT2D eigenvalue weighted by molar-refractivity contribution is 8.02. The van der Waals surface area contributed by atoms with Crippen molar-refractivity contribution in [1.29, 1.82) is 0 Å². The van der Waals surface area contributed by atoms with Crippen LogP contribution in [0, 0.1) is 11.8 Å². The van der Waals surface area contributed by atoms with Crippen molar-refractivity contribution in [1.82, 2.24) is 9.80 Å². The van der Waals surface area contributed by atoms with Crippen LogP contribution in [0.15, 0.2) is 12.7 Å². The molecule has 7 nitrogen and oxygen atoms in total. The number of esters is 1. The fourth-order valence-corrected chi connectivity index (χ4v) is 8.80. The Morgan fingerprint density at radius 1 is 1.32 bits per heavy atom. The molecule has 3 fully saturated rings. The molecule has 0 aromatic carbocycles. The molecular weight excluding hydrogens is 452 g/mol. The zero-order valence-corrected chi connectivity index (χ0v) is 22.1. The van der Waals surface area contributed by atoms with E-state index in [0.717, 1.165) is 38.5 Å². The number of thioether (sulfide) groups is 1. The molecule has 3 heterocycles. The average Bonchev–Trinajstić information content (AvgIpc) is 3.36. The number of fused-ring (bicyclic) bond motifs is 1. The monoisotopic (exact) mass is 494 g/mol. The minimum absolute atomic E-state index is 0.0277. The maximum absolute atomic E-state index is 14.2. The summed E-state index contributed by atoms with van der Waals surface area (Å²) in [6, 6.07) is -0.554. The van der Waals surface area contributed by atoms with Crippen LogP contribution < -0.4 is 0 Å². The van der Waals surface area contributed by atoms with E-state index in [4.69, 9.17) is 4.74 Å². The number of likely N-dealkylation sites (tertiary alicyclic amines) is 1. The zero-order chi connectivity index (χ0) is 25.1. The number of aliphatic hydroxyl groups is 1. The summed E-state index contributed by atoms with van der Waals surface area (Å²) in [4.78, 5) is 44.9. The Labute approximate surface area is 208 Å². The molecule has 1 N–H and O–H groups in total. The van der Waals surface area contributed by atoms with E-state index in [-0.39, 0.29) is 37.0 Å². The van der Waals surface area contributed by atoms with Gasteiger partial charge in [0.15, 0.2) is 0 Å².